The van der Waals surface area contributed by atoms with E-state index in [1.54, 1.807) is 24.3 Å². The van der Waals surface area contributed by atoms with Crippen molar-refractivity contribution in [1.29, 1.82) is 0 Å². The van der Waals surface area contributed by atoms with Crippen LogP contribution < -0.4 is 16.2 Å². The second kappa shape index (κ2) is 7.02. The molecule has 1 atom stereocenters. The van der Waals surface area contributed by atoms with Crippen LogP contribution in [0.25, 0.3) is 0 Å². The van der Waals surface area contributed by atoms with Crippen LogP contribution in [0.5, 0.6) is 0 Å². The lowest BCUT2D eigenvalue weighted by molar-refractivity contribution is -0.122. The van der Waals surface area contributed by atoms with E-state index in [9.17, 15) is 9.59 Å². The molecule has 0 bridgehead atoms. The second-order valence-corrected chi connectivity index (χ2v) is 4.88. The molecule has 1 unspecified atom stereocenters. The fourth-order valence-corrected chi connectivity index (χ4v) is 2.24. The molecule has 1 aliphatic heterocycles. The number of likely N-dealkylation sites (N-methyl/N-ethyl adjacent to an activating group) is 1. The molecule has 2 amide bonds. The SMILES string of the molecule is CNC1CCN(CC(=O)NNC(=O)c2ccccc2)C1. The third-order valence-electron chi connectivity index (χ3n) is 3.40. The molecule has 0 saturated carbocycles. The Morgan fingerprint density at radius 2 is 2.00 bits per heavy atom. The van der Waals surface area contributed by atoms with E-state index < -0.39 is 0 Å². The summed E-state index contributed by atoms with van der Waals surface area (Å²) in [5.74, 6) is -0.514. The summed E-state index contributed by atoms with van der Waals surface area (Å²) in [4.78, 5) is 25.5. The van der Waals surface area contributed by atoms with Crippen molar-refractivity contribution in [3.63, 3.8) is 0 Å². The first kappa shape index (κ1) is 14.5. The lowest BCUT2D eigenvalue weighted by Crippen LogP contribution is -2.46. The van der Waals surface area contributed by atoms with Gasteiger partial charge in [-0.25, -0.2) is 0 Å². The number of benzene rings is 1. The van der Waals surface area contributed by atoms with Crippen molar-refractivity contribution >= 4 is 11.8 Å². The zero-order valence-corrected chi connectivity index (χ0v) is 11.6. The van der Waals surface area contributed by atoms with E-state index in [2.05, 4.69) is 21.1 Å². The van der Waals surface area contributed by atoms with Gasteiger partial charge in [0, 0.05) is 24.7 Å². The van der Waals surface area contributed by atoms with Gasteiger partial charge < -0.3 is 5.32 Å². The number of nitrogens with zero attached hydrogens (tertiary/aromatic N) is 1. The molecule has 0 spiro atoms. The topological polar surface area (TPSA) is 73.5 Å². The summed E-state index contributed by atoms with van der Waals surface area (Å²) in [6.45, 7) is 2.05. The molecular formula is C14H20N4O2. The third kappa shape index (κ3) is 4.04. The highest BCUT2D eigenvalue weighted by molar-refractivity contribution is 5.95. The highest BCUT2D eigenvalue weighted by Gasteiger charge is 2.22. The van der Waals surface area contributed by atoms with E-state index in [1.165, 1.54) is 0 Å². The Morgan fingerprint density at radius 3 is 2.65 bits per heavy atom. The minimum Gasteiger partial charge on any atom is -0.316 e. The molecule has 1 aromatic carbocycles. The van der Waals surface area contributed by atoms with Gasteiger partial charge in [-0.15, -0.1) is 0 Å². The van der Waals surface area contributed by atoms with Crippen molar-refractivity contribution in [1.82, 2.24) is 21.1 Å². The highest BCUT2D eigenvalue weighted by Crippen LogP contribution is 2.07. The predicted molar refractivity (Wildman–Crippen MR) is 76.0 cm³/mol. The summed E-state index contributed by atoms with van der Waals surface area (Å²) in [5, 5.41) is 3.20. The van der Waals surface area contributed by atoms with Gasteiger partial charge in [0.1, 0.15) is 0 Å². The molecule has 108 valence electrons. The molecule has 1 aliphatic rings. The lowest BCUT2D eigenvalue weighted by Gasteiger charge is -2.15. The van der Waals surface area contributed by atoms with Gasteiger partial charge in [-0.3, -0.25) is 25.3 Å². The first-order valence-electron chi connectivity index (χ1n) is 6.73. The highest BCUT2D eigenvalue weighted by atomic mass is 16.2. The minimum absolute atomic E-state index is 0.203. The number of carbonyl (C=O) groups is 2. The number of hydrogen-bond donors (Lipinski definition) is 3. The molecule has 0 radical (unpaired) electrons. The van der Waals surface area contributed by atoms with Crippen LogP contribution in [-0.4, -0.2) is 49.4 Å². The van der Waals surface area contributed by atoms with Crippen LogP contribution in [-0.2, 0) is 4.79 Å². The minimum atomic E-state index is -0.312. The zero-order chi connectivity index (χ0) is 14.4. The maximum Gasteiger partial charge on any atom is 0.269 e. The largest absolute Gasteiger partial charge is 0.316 e. The van der Waals surface area contributed by atoms with Crippen LogP contribution in [0.1, 0.15) is 16.8 Å². The first-order valence-corrected chi connectivity index (χ1v) is 6.73. The number of hydrazine groups is 1. The van der Waals surface area contributed by atoms with E-state index in [-0.39, 0.29) is 11.8 Å². The Morgan fingerprint density at radius 1 is 1.25 bits per heavy atom. The second-order valence-electron chi connectivity index (χ2n) is 4.88. The lowest BCUT2D eigenvalue weighted by atomic mass is 10.2. The van der Waals surface area contributed by atoms with Gasteiger partial charge in [0.05, 0.1) is 6.54 Å². The Bertz CT molecular complexity index is 464. The van der Waals surface area contributed by atoms with Crippen LogP contribution in [0.3, 0.4) is 0 Å². The molecule has 0 aromatic heterocycles. The first-order chi connectivity index (χ1) is 9.69. The van der Waals surface area contributed by atoms with Gasteiger partial charge in [0.25, 0.3) is 11.8 Å². The number of carbonyl (C=O) groups excluding carboxylic acids is 2. The van der Waals surface area contributed by atoms with Gasteiger partial charge in [-0.05, 0) is 25.6 Å². The Kier molecular flexibility index (Phi) is 5.09. The number of rotatable bonds is 4. The van der Waals surface area contributed by atoms with Gasteiger partial charge in [0.2, 0.25) is 0 Å². The smallest absolute Gasteiger partial charge is 0.269 e. The van der Waals surface area contributed by atoms with Crippen molar-refractivity contribution in [2.45, 2.75) is 12.5 Å². The molecular weight excluding hydrogens is 256 g/mol. The van der Waals surface area contributed by atoms with Gasteiger partial charge in [-0.1, -0.05) is 18.2 Å². The van der Waals surface area contributed by atoms with E-state index in [0.717, 1.165) is 19.5 Å². The van der Waals surface area contributed by atoms with Gasteiger partial charge in [0.15, 0.2) is 0 Å². The predicted octanol–water partition coefficient (Wildman–Crippen LogP) is -0.259. The Labute approximate surface area is 118 Å². The van der Waals surface area contributed by atoms with Gasteiger partial charge >= 0.3 is 0 Å². The maximum absolute atomic E-state index is 11.7. The maximum atomic E-state index is 11.7. The van der Waals surface area contributed by atoms with Crippen molar-refractivity contribution in [2.24, 2.45) is 0 Å². The van der Waals surface area contributed by atoms with E-state index in [0.29, 0.717) is 18.2 Å². The molecule has 1 aromatic rings. The number of likely N-dealkylation sites (tertiary alicyclic amines) is 1. The fraction of sp³-hybridized carbons (Fsp3) is 0.429. The molecule has 6 heteroatoms. The van der Waals surface area contributed by atoms with Crippen LogP contribution in [0.15, 0.2) is 30.3 Å². The van der Waals surface area contributed by atoms with E-state index in [1.807, 2.05) is 13.1 Å². The molecule has 1 saturated heterocycles. The average Bonchev–Trinajstić information content (AvgIpc) is 2.93. The molecule has 3 N–H and O–H groups in total. The van der Waals surface area contributed by atoms with Crippen molar-refractivity contribution in [3.05, 3.63) is 35.9 Å². The van der Waals surface area contributed by atoms with Crippen LogP contribution >= 0.6 is 0 Å². The summed E-state index contributed by atoms with van der Waals surface area (Å²) in [5.41, 5.74) is 5.37. The number of hydrogen-bond acceptors (Lipinski definition) is 4. The molecule has 6 nitrogen and oxygen atoms in total. The standard InChI is InChI=1S/C14H20N4O2/c1-15-12-7-8-18(9-12)10-13(19)16-17-14(20)11-5-3-2-4-6-11/h2-6,12,15H,7-10H2,1H3,(H,16,19)(H,17,20). The molecule has 1 heterocycles. The average molecular weight is 276 g/mol. The molecule has 2 rings (SSSR count). The van der Waals surface area contributed by atoms with Crippen LogP contribution in [0, 0.1) is 0 Å². The van der Waals surface area contributed by atoms with Crippen molar-refractivity contribution in [3.8, 4) is 0 Å². The summed E-state index contributed by atoms with van der Waals surface area (Å²) < 4.78 is 0. The fourth-order valence-electron chi connectivity index (χ4n) is 2.24. The molecule has 20 heavy (non-hydrogen) atoms. The number of amides is 2. The third-order valence-corrected chi connectivity index (χ3v) is 3.40. The normalized spacial score (nSPS) is 18.8. The summed E-state index contributed by atoms with van der Waals surface area (Å²) >= 11 is 0. The van der Waals surface area contributed by atoms with Crippen molar-refractivity contribution < 1.29 is 9.59 Å². The summed E-state index contributed by atoms with van der Waals surface area (Å²) in [6.07, 6.45) is 1.04. The van der Waals surface area contributed by atoms with E-state index in [4.69, 9.17) is 0 Å². The zero-order valence-electron chi connectivity index (χ0n) is 11.6. The van der Waals surface area contributed by atoms with Gasteiger partial charge in [-0.2, -0.15) is 0 Å². The monoisotopic (exact) mass is 276 g/mol. The summed E-state index contributed by atoms with van der Waals surface area (Å²) in [7, 11) is 1.92. The quantitative estimate of drug-likeness (QED) is 0.663. The van der Waals surface area contributed by atoms with Crippen molar-refractivity contribution in [2.75, 3.05) is 26.7 Å². The van der Waals surface area contributed by atoms with E-state index >= 15 is 0 Å². The summed E-state index contributed by atoms with van der Waals surface area (Å²) in [6, 6.07) is 9.22. The van der Waals surface area contributed by atoms with Crippen LogP contribution in [0.4, 0.5) is 0 Å². The number of nitrogens with one attached hydrogen (secondary N) is 3. The Balaban J connectivity index is 1.72. The Hall–Kier alpha value is -1.92. The molecule has 0 aliphatic carbocycles. The van der Waals surface area contributed by atoms with Crippen LogP contribution in [0.2, 0.25) is 0 Å². The molecule has 1 fully saturated rings.